The SMILES string of the molecule is CN1CCN(C2CN(c3cnc4c(-c5ccncc5)cnn4c3)C2)CC1. The Morgan fingerprint density at radius 3 is 2.54 bits per heavy atom. The van der Waals surface area contributed by atoms with Crippen LogP contribution in [0.4, 0.5) is 5.69 Å². The number of nitrogens with zero attached hydrogens (tertiary/aromatic N) is 7. The van der Waals surface area contributed by atoms with Gasteiger partial charge in [0.15, 0.2) is 5.65 Å². The molecule has 0 bridgehead atoms. The molecule has 0 amide bonds. The largest absolute Gasteiger partial charge is 0.366 e. The zero-order chi connectivity index (χ0) is 17.5. The standard InChI is InChI=1S/C19H23N7/c1-23-6-8-24(9-7-23)17-12-25(13-17)16-10-21-19-18(11-22-26(19)14-16)15-2-4-20-5-3-15/h2-5,10-11,14,17H,6-9,12-13H2,1H3. The van der Waals surface area contributed by atoms with Gasteiger partial charge in [0, 0.05) is 63.3 Å². The number of aromatic nitrogens is 4. The number of rotatable bonds is 3. The Hall–Kier alpha value is -2.51. The lowest BCUT2D eigenvalue weighted by atomic mass is 10.1. The van der Waals surface area contributed by atoms with Crippen molar-refractivity contribution in [3.05, 3.63) is 43.1 Å². The van der Waals surface area contributed by atoms with E-state index in [1.807, 2.05) is 29.0 Å². The van der Waals surface area contributed by atoms with Crippen molar-refractivity contribution in [3.63, 3.8) is 0 Å². The molecule has 0 N–H and O–H groups in total. The summed E-state index contributed by atoms with van der Waals surface area (Å²) in [4.78, 5) is 16.2. The lowest BCUT2D eigenvalue weighted by molar-refractivity contribution is 0.0963. The van der Waals surface area contributed by atoms with Gasteiger partial charge in [0.2, 0.25) is 0 Å². The molecule has 0 spiro atoms. The van der Waals surface area contributed by atoms with Crippen LogP contribution >= 0.6 is 0 Å². The Bertz CT molecular complexity index is 893. The predicted octanol–water partition coefficient (Wildman–Crippen LogP) is 1.23. The van der Waals surface area contributed by atoms with Crippen LogP contribution in [-0.2, 0) is 0 Å². The summed E-state index contributed by atoms with van der Waals surface area (Å²) < 4.78 is 1.88. The molecule has 7 nitrogen and oxygen atoms in total. The van der Waals surface area contributed by atoms with Crippen LogP contribution in [0.3, 0.4) is 0 Å². The fourth-order valence-corrected chi connectivity index (χ4v) is 3.85. The van der Waals surface area contributed by atoms with Crippen molar-refractivity contribution >= 4 is 11.3 Å². The maximum atomic E-state index is 4.69. The Kier molecular flexibility index (Phi) is 3.83. The number of pyridine rings is 1. The molecule has 2 fully saturated rings. The lowest BCUT2D eigenvalue weighted by Gasteiger charge is -2.48. The Labute approximate surface area is 152 Å². The van der Waals surface area contributed by atoms with E-state index in [1.54, 1.807) is 12.4 Å². The molecular weight excluding hydrogens is 326 g/mol. The van der Waals surface area contributed by atoms with Crippen molar-refractivity contribution in [1.82, 2.24) is 29.4 Å². The first kappa shape index (κ1) is 15.7. The average Bonchev–Trinajstić information content (AvgIpc) is 3.06. The molecule has 2 saturated heterocycles. The van der Waals surface area contributed by atoms with Gasteiger partial charge in [0.05, 0.1) is 24.3 Å². The highest BCUT2D eigenvalue weighted by Crippen LogP contribution is 2.27. The van der Waals surface area contributed by atoms with E-state index in [-0.39, 0.29) is 0 Å². The summed E-state index contributed by atoms with van der Waals surface area (Å²) in [5.41, 5.74) is 4.16. The molecule has 0 aliphatic carbocycles. The van der Waals surface area contributed by atoms with Gasteiger partial charge in [-0.15, -0.1) is 0 Å². The van der Waals surface area contributed by atoms with E-state index in [0.29, 0.717) is 6.04 Å². The molecule has 2 aliphatic rings. The second kappa shape index (κ2) is 6.34. The molecule has 0 saturated carbocycles. The van der Waals surface area contributed by atoms with Gasteiger partial charge in [-0.05, 0) is 24.7 Å². The van der Waals surface area contributed by atoms with E-state index in [2.05, 4.69) is 43.0 Å². The summed E-state index contributed by atoms with van der Waals surface area (Å²) in [5.74, 6) is 0. The van der Waals surface area contributed by atoms with Gasteiger partial charge in [-0.3, -0.25) is 9.88 Å². The van der Waals surface area contributed by atoms with Crippen LogP contribution in [0, 0.1) is 0 Å². The third-order valence-corrected chi connectivity index (χ3v) is 5.62. The maximum Gasteiger partial charge on any atom is 0.162 e. The van der Waals surface area contributed by atoms with Gasteiger partial charge >= 0.3 is 0 Å². The minimum Gasteiger partial charge on any atom is -0.366 e. The average molecular weight is 349 g/mol. The van der Waals surface area contributed by atoms with Gasteiger partial charge < -0.3 is 9.80 Å². The molecule has 0 atom stereocenters. The van der Waals surface area contributed by atoms with Gasteiger partial charge in [-0.1, -0.05) is 0 Å². The van der Waals surface area contributed by atoms with Crippen LogP contribution in [0.1, 0.15) is 0 Å². The molecule has 5 heterocycles. The number of hydrogen-bond donors (Lipinski definition) is 0. The van der Waals surface area contributed by atoms with E-state index in [9.17, 15) is 0 Å². The fraction of sp³-hybridized carbons (Fsp3) is 0.421. The van der Waals surface area contributed by atoms with Crippen molar-refractivity contribution in [2.75, 3.05) is 51.2 Å². The van der Waals surface area contributed by atoms with E-state index in [4.69, 9.17) is 0 Å². The first-order valence-electron chi connectivity index (χ1n) is 9.19. The number of anilines is 1. The normalized spacial score (nSPS) is 19.8. The quantitative estimate of drug-likeness (QED) is 0.709. The second-order valence-corrected chi connectivity index (χ2v) is 7.27. The van der Waals surface area contributed by atoms with Crippen LogP contribution < -0.4 is 4.90 Å². The first-order valence-corrected chi connectivity index (χ1v) is 9.19. The van der Waals surface area contributed by atoms with Crippen LogP contribution in [-0.4, -0.2) is 81.7 Å². The Morgan fingerprint density at radius 2 is 1.77 bits per heavy atom. The second-order valence-electron chi connectivity index (χ2n) is 7.27. The van der Waals surface area contributed by atoms with Gasteiger partial charge in [-0.2, -0.15) is 5.10 Å². The summed E-state index contributed by atoms with van der Waals surface area (Å²) >= 11 is 0. The molecule has 0 unspecified atom stereocenters. The van der Waals surface area contributed by atoms with Gasteiger partial charge in [-0.25, -0.2) is 9.50 Å². The number of hydrogen-bond acceptors (Lipinski definition) is 6. The molecule has 2 aliphatic heterocycles. The van der Waals surface area contributed by atoms with Crippen LogP contribution in [0.15, 0.2) is 43.1 Å². The number of likely N-dealkylation sites (N-methyl/N-ethyl adjacent to an activating group) is 1. The molecule has 3 aromatic rings. The van der Waals surface area contributed by atoms with E-state index in [1.165, 1.54) is 26.2 Å². The topological polar surface area (TPSA) is 52.8 Å². The molecule has 7 heteroatoms. The van der Waals surface area contributed by atoms with Crippen molar-refractivity contribution in [3.8, 4) is 11.1 Å². The molecular formula is C19H23N7. The molecule has 0 aromatic carbocycles. The predicted molar refractivity (Wildman–Crippen MR) is 101 cm³/mol. The van der Waals surface area contributed by atoms with Crippen molar-refractivity contribution in [2.45, 2.75) is 6.04 Å². The van der Waals surface area contributed by atoms with Crippen molar-refractivity contribution in [2.24, 2.45) is 0 Å². The van der Waals surface area contributed by atoms with E-state index < -0.39 is 0 Å². The molecule has 134 valence electrons. The lowest BCUT2D eigenvalue weighted by Crippen LogP contribution is -2.63. The van der Waals surface area contributed by atoms with Crippen LogP contribution in [0.25, 0.3) is 16.8 Å². The Balaban J connectivity index is 1.31. The summed E-state index contributed by atoms with van der Waals surface area (Å²) in [6, 6.07) is 4.65. The van der Waals surface area contributed by atoms with E-state index in [0.717, 1.165) is 35.6 Å². The summed E-state index contributed by atoms with van der Waals surface area (Å²) in [5, 5.41) is 4.50. The van der Waals surface area contributed by atoms with Gasteiger partial charge in [0.25, 0.3) is 0 Å². The maximum absolute atomic E-state index is 4.69. The molecule has 0 radical (unpaired) electrons. The summed E-state index contributed by atoms with van der Waals surface area (Å²) in [6.45, 7) is 6.87. The van der Waals surface area contributed by atoms with Crippen LogP contribution in [0.2, 0.25) is 0 Å². The molecule has 3 aromatic heterocycles. The number of fused-ring (bicyclic) bond motifs is 1. The first-order chi connectivity index (χ1) is 12.8. The smallest absolute Gasteiger partial charge is 0.162 e. The molecule has 26 heavy (non-hydrogen) atoms. The zero-order valence-electron chi connectivity index (χ0n) is 15.0. The number of piperazine rings is 1. The van der Waals surface area contributed by atoms with Gasteiger partial charge in [0.1, 0.15) is 0 Å². The monoisotopic (exact) mass is 349 g/mol. The highest BCUT2D eigenvalue weighted by atomic mass is 15.4. The summed E-state index contributed by atoms with van der Waals surface area (Å²) in [7, 11) is 2.20. The molecule has 5 rings (SSSR count). The zero-order valence-corrected chi connectivity index (χ0v) is 15.0. The minimum atomic E-state index is 0.671. The fourth-order valence-electron chi connectivity index (χ4n) is 3.85. The minimum absolute atomic E-state index is 0.671. The summed E-state index contributed by atoms with van der Waals surface area (Å²) in [6.07, 6.45) is 9.54. The highest BCUT2D eigenvalue weighted by Gasteiger charge is 2.33. The van der Waals surface area contributed by atoms with Crippen LogP contribution in [0.5, 0.6) is 0 Å². The third kappa shape index (κ3) is 2.73. The van der Waals surface area contributed by atoms with E-state index >= 15 is 0 Å². The highest BCUT2D eigenvalue weighted by molar-refractivity contribution is 5.77. The van der Waals surface area contributed by atoms with Crippen molar-refractivity contribution < 1.29 is 0 Å². The Morgan fingerprint density at radius 1 is 1.00 bits per heavy atom. The van der Waals surface area contributed by atoms with Crippen molar-refractivity contribution in [1.29, 1.82) is 0 Å². The third-order valence-electron chi connectivity index (χ3n) is 5.62.